The highest BCUT2D eigenvalue weighted by atomic mass is 16.5. The highest BCUT2D eigenvalue weighted by molar-refractivity contribution is 5.88. The molecule has 2 rings (SSSR count). The Kier molecular flexibility index (Phi) is 5.33. The molecule has 1 aromatic carbocycles. The third-order valence-corrected chi connectivity index (χ3v) is 3.76. The fourth-order valence-corrected chi connectivity index (χ4v) is 2.71. The maximum Gasteiger partial charge on any atom is 0.247 e. The van der Waals surface area contributed by atoms with Crippen LogP contribution in [0.15, 0.2) is 24.3 Å². The topological polar surface area (TPSA) is 58.6 Å². The molecule has 0 saturated heterocycles. The molecule has 1 aromatic rings. The number of nitrogens with zero attached hydrogens (tertiary/aromatic N) is 1. The number of methoxy groups -OCH3 is 1. The Hall–Kier alpha value is -1.88. The first kappa shape index (κ1) is 15.5. The van der Waals surface area contributed by atoms with Crippen LogP contribution in [-0.4, -0.2) is 43.5 Å². The summed E-state index contributed by atoms with van der Waals surface area (Å²) in [4.78, 5) is 26.0. The summed E-state index contributed by atoms with van der Waals surface area (Å²) in [5.74, 6) is -0.185. The Morgan fingerprint density at radius 2 is 2.14 bits per heavy atom. The van der Waals surface area contributed by atoms with E-state index < -0.39 is 6.04 Å². The van der Waals surface area contributed by atoms with Crippen molar-refractivity contribution in [2.24, 2.45) is 0 Å². The summed E-state index contributed by atoms with van der Waals surface area (Å²) in [5, 5.41) is 2.90. The molecule has 1 aliphatic rings. The SMILES string of the molecule is COCCCNC(=O)C1c2ccccc2CCN1C(C)=O. The molecule has 1 aliphatic heterocycles. The van der Waals surface area contributed by atoms with Gasteiger partial charge in [-0.2, -0.15) is 0 Å². The molecule has 0 bridgehead atoms. The van der Waals surface area contributed by atoms with Gasteiger partial charge in [0.05, 0.1) is 0 Å². The standard InChI is InChI=1S/C16H22N2O3/c1-12(19)18-10-8-13-6-3-4-7-14(13)15(18)16(20)17-9-5-11-21-2/h3-4,6-7,15H,5,8-11H2,1-2H3,(H,17,20). The lowest BCUT2D eigenvalue weighted by molar-refractivity contribution is -0.139. The van der Waals surface area contributed by atoms with Gasteiger partial charge in [0.15, 0.2) is 0 Å². The first-order valence-electron chi connectivity index (χ1n) is 7.27. The number of fused-ring (bicyclic) bond motifs is 1. The second kappa shape index (κ2) is 7.22. The van der Waals surface area contributed by atoms with Crippen molar-refractivity contribution in [2.45, 2.75) is 25.8 Å². The van der Waals surface area contributed by atoms with E-state index in [2.05, 4.69) is 5.32 Å². The fourth-order valence-electron chi connectivity index (χ4n) is 2.71. The van der Waals surface area contributed by atoms with Gasteiger partial charge in [-0.3, -0.25) is 9.59 Å². The molecule has 0 saturated carbocycles. The maximum atomic E-state index is 12.5. The second-order valence-electron chi connectivity index (χ2n) is 5.20. The van der Waals surface area contributed by atoms with Gasteiger partial charge in [0, 0.05) is 33.7 Å². The Morgan fingerprint density at radius 3 is 2.86 bits per heavy atom. The summed E-state index contributed by atoms with van der Waals surface area (Å²) in [7, 11) is 1.64. The first-order chi connectivity index (χ1) is 10.1. The number of hydrogen-bond donors (Lipinski definition) is 1. The van der Waals surface area contributed by atoms with Crippen LogP contribution in [0.25, 0.3) is 0 Å². The molecule has 1 unspecified atom stereocenters. The largest absolute Gasteiger partial charge is 0.385 e. The Bertz CT molecular complexity index is 516. The predicted octanol–water partition coefficient (Wildman–Crippen LogP) is 1.28. The van der Waals surface area contributed by atoms with E-state index in [1.165, 1.54) is 6.92 Å². The van der Waals surface area contributed by atoms with Crippen molar-refractivity contribution >= 4 is 11.8 Å². The van der Waals surface area contributed by atoms with Gasteiger partial charge in [-0.05, 0) is 24.0 Å². The normalized spacial score (nSPS) is 17.2. The first-order valence-corrected chi connectivity index (χ1v) is 7.27. The number of hydrogen-bond acceptors (Lipinski definition) is 3. The monoisotopic (exact) mass is 290 g/mol. The Labute approximate surface area is 125 Å². The van der Waals surface area contributed by atoms with Crippen LogP contribution in [0.4, 0.5) is 0 Å². The van der Waals surface area contributed by atoms with Gasteiger partial charge < -0.3 is 15.0 Å². The van der Waals surface area contributed by atoms with Crippen molar-refractivity contribution in [1.29, 1.82) is 0 Å². The molecule has 1 atom stereocenters. The lowest BCUT2D eigenvalue weighted by Crippen LogP contribution is -2.46. The molecule has 0 fully saturated rings. The van der Waals surface area contributed by atoms with Crippen molar-refractivity contribution in [3.8, 4) is 0 Å². The van der Waals surface area contributed by atoms with Gasteiger partial charge in [0.2, 0.25) is 11.8 Å². The van der Waals surface area contributed by atoms with E-state index in [0.29, 0.717) is 19.7 Å². The number of carbonyl (C=O) groups is 2. The van der Waals surface area contributed by atoms with Gasteiger partial charge in [-0.25, -0.2) is 0 Å². The molecular weight excluding hydrogens is 268 g/mol. The van der Waals surface area contributed by atoms with E-state index in [1.807, 2.05) is 24.3 Å². The van der Waals surface area contributed by atoms with E-state index in [0.717, 1.165) is 24.0 Å². The Balaban J connectivity index is 2.15. The summed E-state index contributed by atoms with van der Waals surface area (Å²) in [6.45, 7) is 3.26. The molecule has 5 heteroatoms. The third-order valence-electron chi connectivity index (χ3n) is 3.76. The summed E-state index contributed by atoms with van der Waals surface area (Å²) < 4.78 is 4.97. The summed E-state index contributed by atoms with van der Waals surface area (Å²) in [6, 6.07) is 7.32. The zero-order chi connectivity index (χ0) is 15.2. The average molecular weight is 290 g/mol. The molecular formula is C16H22N2O3. The number of amides is 2. The quantitative estimate of drug-likeness (QED) is 0.831. The lowest BCUT2D eigenvalue weighted by Gasteiger charge is -2.35. The minimum Gasteiger partial charge on any atom is -0.385 e. The van der Waals surface area contributed by atoms with Crippen molar-refractivity contribution in [2.75, 3.05) is 26.8 Å². The van der Waals surface area contributed by atoms with Crippen LogP contribution in [-0.2, 0) is 20.7 Å². The summed E-state index contributed by atoms with van der Waals surface area (Å²) in [5.41, 5.74) is 2.08. The van der Waals surface area contributed by atoms with E-state index in [-0.39, 0.29) is 11.8 Å². The number of rotatable bonds is 5. The zero-order valence-electron chi connectivity index (χ0n) is 12.6. The van der Waals surface area contributed by atoms with Gasteiger partial charge in [-0.1, -0.05) is 24.3 Å². The molecule has 1 N–H and O–H groups in total. The molecule has 0 aromatic heterocycles. The molecule has 114 valence electrons. The molecule has 21 heavy (non-hydrogen) atoms. The van der Waals surface area contributed by atoms with Crippen LogP contribution in [0.1, 0.15) is 30.5 Å². The van der Waals surface area contributed by atoms with Crippen LogP contribution in [0.2, 0.25) is 0 Å². The van der Waals surface area contributed by atoms with Crippen LogP contribution >= 0.6 is 0 Å². The van der Waals surface area contributed by atoms with E-state index in [1.54, 1.807) is 12.0 Å². The second-order valence-corrected chi connectivity index (χ2v) is 5.20. The smallest absolute Gasteiger partial charge is 0.247 e. The van der Waals surface area contributed by atoms with Gasteiger partial charge >= 0.3 is 0 Å². The van der Waals surface area contributed by atoms with Crippen molar-refractivity contribution in [1.82, 2.24) is 10.2 Å². The van der Waals surface area contributed by atoms with Gasteiger partial charge in [-0.15, -0.1) is 0 Å². The van der Waals surface area contributed by atoms with Crippen molar-refractivity contribution < 1.29 is 14.3 Å². The van der Waals surface area contributed by atoms with E-state index in [9.17, 15) is 9.59 Å². The molecule has 0 spiro atoms. The van der Waals surface area contributed by atoms with Gasteiger partial charge in [0.1, 0.15) is 6.04 Å². The third kappa shape index (κ3) is 3.61. The van der Waals surface area contributed by atoms with Crippen molar-refractivity contribution in [3.05, 3.63) is 35.4 Å². The molecule has 5 nitrogen and oxygen atoms in total. The van der Waals surface area contributed by atoms with Crippen molar-refractivity contribution in [3.63, 3.8) is 0 Å². The van der Waals surface area contributed by atoms with Crippen LogP contribution in [0.3, 0.4) is 0 Å². The minimum atomic E-state index is -0.519. The molecule has 0 aliphatic carbocycles. The van der Waals surface area contributed by atoms with Crippen LogP contribution in [0, 0.1) is 0 Å². The summed E-state index contributed by atoms with van der Waals surface area (Å²) >= 11 is 0. The zero-order valence-corrected chi connectivity index (χ0v) is 12.6. The highest BCUT2D eigenvalue weighted by Crippen LogP contribution is 2.29. The highest BCUT2D eigenvalue weighted by Gasteiger charge is 2.33. The lowest BCUT2D eigenvalue weighted by atomic mass is 9.92. The average Bonchev–Trinajstić information content (AvgIpc) is 2.50. The number of benzene rings is 1. The van der Waals surface area contributed by atoms with E-state index in [4.69, 9.17) is 4.74 Å². The molecule has 1 heterocycles. The predicted molar refractivity (Wildman–Crippen MR) is 79.8 cm³/mol. The fraction of sp³-hybridized carbons (Fsp3) is 0.500. The van der Waals surface area contributed by atoms with E-state index >= 15 is 0 Å². The number of ether oxygens (including phenoxy) is 1. The number of carbonyl (C=O) groups excluding carboxylic acids is 2. The molecule has 0 radical (unpaired) electrons. The summed E-state index contributed by atoms with van der Waals surface area (Å²) in [6.07, 6.45) is 1.56. The molecule has 2 amide bonds. The maximum absolute atomic E-state index is 12.5. The minimum absolute atomic E-state index is 0.0680. The van der Waals surface area contributed by atoms with Gasteiger partial charge in [0.25, 0.3) is 0 Å². The van der Waals surface area contributed by atoms with Crippen LogP contribution < -0.4 is 5.32 Å². The van der Waals surface area contributed by atoms with Crippen LogP contribution in [0.5, 0.6) is 0 Å². The Morgan fingerprint density at radius 1 is 1.38 bits per heavy atom. The number of nitrogens with one attached hydrogen (secondary N) is 1.